The van der Waals surface area contributed by atoms with Gasteiger partial charge < -0.3 is 9.73 Å². The summed E-state index contributed by atoms with van der Waals surface area (Å²) >= 11 is 6.11. The van der Waals surface area contributed by atoms with E-state index in [4.69, 9.17) is 16.0 Å². The Bertz CT molecular complexity index is 591. The standard InChI is InChI=1S/C15H18ClN3O.2ClH/c1-11-8-18-15(20-11)10-19-6-5-17-9-14(19)12-3-2-4-13(16)7-12;;/h2-4,7-8,14,17H,5-6,9-10H2,1H3;2*1H. The van der Waals surface area contributed by atoms with E-state index in [-0.39, 0.29) is 24.8 Å². The number of aromatic nitrogens is 1. The van der Waals surface area contributed by atoms with Crippen LogP contribution in [-0.2, 0) is 6.54 Å². The molecule has 4 nitrogen and oxygen atoms in total. The van der Waals surface area contributed by atoms with Gasteiger partial charge in [-0.2, -0.15) is 0 Å². The second-order valence-electron chi connectivity index (χ2n) is 5.11. The highest BCUT2D eigenvalue weighted by atomic mass is 35.5. The summed E-state index contributed by atoms with van der Waals surface area (Å²) in [5, 5.41) is 4.22. The first-order valence-corrected chi connectivity index (χ1v) is 7.22. The summed E-state index contributed by atoms with van der Waals surface area (Å²) < 4.78 is 5.59. The molecule has 1 fully saturated rings. The first-order chi connectivity index (χ1) is 9.72. The zero-order valence-corrected chi connectivity index (χ0v) is 14.7. The van der Waals surface area contributed by atoms with Crippen molar-refractivity contribution < 1.29 is 4.42 Å². The summed E-state index contributed by atoms with van der Waals surface area (Å²) in [5.41, 5.74) is 1.23. The molecule has 1 aromatic carbocycles. The van der Waals surface area contributed by atoms with Gasteiger partial charge in [0.25, 0.3) is 0 Å². The van der Waals surface area contributed by atoms with E-state index >= 15 is 0 Å². The van der Waals surface area contributed by atoms with Gasteiger partial charge in [-0.25, -0.2) is 4.98 Å². The lowest BCUT2D eigenvalue weighted by atomic mass is 10.0. The van der Waals surface area contributed by atoms with E-state index in [2.05, 4.69) is 21.3 Å². The molecule has 3 rings (SSSR count). The van der Waals surface area contributed by atoms with Crippen molar-refractivity contribution >= 4 is 36.4 Å². The van der Waals surface area contributed by atoms with Crippen LogP contribution in [0.15, 0.2) is 34.9 Å². The Kier molecular flexibility index (Phi) is 7.66. The Morgan fingerprint density at radius 1 is 1.41 bits per heavy atom. The van der Waals surface area contributed by atoms with Crippen molar-refractivity contribution in [1.29, 1.82) is 0 Å². The van der Waals surface area contributed by atoms with Gasteiger partial charge in [-0.1, -0.05) is 23.7 Å². The van der Waals surface area contributed by atoms with Crippen LogP contribution < -0.4 is 5.32 Å². The molecule has 7 heteroatoms. The first-order valence-electron chi connectivity index (χ1n) is 6.84. The van der Waals surface area contributed by atoms with Crippen molar-refractivity contribution in [2.75, 3.05) is 19.6 Å². The van der Waals surface area contributed by atoms with Crippen molar-refractivity contribution in [2.45, 2.75) is 19.5 Å². The van der Waals surface area contributed by atoms with Crippen molar-refractivity contribution in [2.24, 2.45) is 0 Å². The highest BCUT2D eigenvalue weighted by Crippen LogP contribution is 2.26. The quantitative estimate of drug-likeness (QED) is 0.903. The third-order valence-electron chi connectivity index (χ3n) is 3.60. The average molecular weight is 365 g/mol. The maximum absolute atomic E-state index is 6.11. The van der Waals surface area contributed by atoms with Gasteiger partial charge in [-0.3, -0.25) is 4.90 Å². The van der Waals surface area contributed by atoms with Crippen LogP contribution in [0.25, 0.3) is 0 Å². The number of rotatable bonds is 3. The monoisotopic (exact) mass is 363 g/mol. The molecule has 1 aliphatic heterocycles. The van der Waals surface area contributed by atoms with Crippen LogP contribution in [-0.4, -0.2) is 29.5 Å². The minimum Gasteiger partial charge on any atom is -0.445 e. The lowest BCUT2D eigenvalue weighted by molar-refractivity contribution is 0.139. The number of nitrogens with one attached hydrogen (secondary N) is 1. The smallest absolute Gasteiger partial charge is 0.208 e. The number of oxazole rings is 1. The molecule has 1 atom stereocenters. The molecule has 122 valence electrons. The molecular weight excluding hydrogens is 345 g/mol. The first kappa shape index (κ1) is 19.3. The minimum atomic E-state index is 0. The van der Waals surface area contributed by atoms with Gasteiger partial charge in [0.1, 0.15) is 5.76 Å². The van der Waals surface area contributed by atoms with Gasteiger partial charge in [-0.05, 0) is 24.6 Å². The second kappa shape index (κ2) is 8.75. The normalized spacial score (nSPS) is 18.4. The molecule has 2 aromatic rings. The van der Waals surface area contributed by atoms with Crippen LogP contribution in [0, 0.1) is 6.92 Å². The third-order valence-corrected chi connectivity index (χ3v) is 3.83. The zero-order valence-electron chi connectivity index (χ0n) is 12.3. The van der Waals surface area contributed by atoms with Gasteiger partial charge in [0.15, 0.2) is 0 Å². The van der Waals surface area contributed by atoms with Gasteiger partial charge in [0.05, 0.1) is 12.7 Å². The molecule has 0 spiro atoms. The fraction of sp³-hybridized carbons (Fsp3) is 0.400. The van der Waals surface area contributed by atoms with Crippen molar-refractivity contribution in [3.63, 3.8) is 0 Å². The fourth-order valence-corrected chi connectivity index (χ4v) is 2.83. The van der Waals surface area contributed by atoms with E-state index in [1.807, 2.05) is 25.1 Å². The Hall–Kier alpha value is -0.780. The molecule has 22 heavy (non-hydrogen) atoms. The summed E-state index contributed by atoms with van der Waals surface area (Å²) in [4.78, 5) is 6.68. The highest BCUT2D eigenvalue weighted by Gasteiger charge is 2.25. The number of piperazine rings is 1. The Labute approximate surface area is 148 Å². The molecule has 1 aliphatic rings. The molecule has 0 aliphatic carbocycles. The van der Waals surface area contributed by atoms with E-state index < -0.39 is 0 Å². The van der Waals surface area contributed by atoms with E-state index in [0.29, 0.717) is 6.04 Å². The molecule has 2 heterocycles. The summed E-state index contributed by atoms with van der Waals surface area (Å²) in [6, 6.07) is 8.36. The molecule has 0 radical (unpaired) electrons. The van der Waals surface area contributed by atoms with Crippen LogP contribution >= 0.6 is 36.4 Å². The lowest BCUT2D eigenvalue weighted by Crippen LogP contribution is -2.45. The number of hydrogen-bond acceptors (Lipinski definition) is 4. The fourth-order valence-electron chi connectivity index (χ4n) is 2.63. The molecule has 1 aromatic heterocycles. The SMILES string of the molecule is Cc1cnc(CN2CCNCC2c2cccc(Cl)c2)o1.Cl.Cl. The van der Waals surface area contributed by atoms with Gasteiger partial charge in [0, 0.05) is 30.7 Å². The highest BCUT2D eigenvalue weighted by molar-refractivity contribution is 6.30. The van der Waals surface area contributed by atoms with Crippen molar-refractivity contribution in [3.8, 4) is 0 Å². The number of hydrogen-bond donors (Lipinski definition) is 1. The van der Waals surface area contributed by atoms with Crippen LogP contribution in [0.2, 0.25) is 5.02 Å². The van der Waals surface area contributed by atoms with E-state index in [0.717, 1.165) is 42.9 Å². The molecular formula is C15H20Cl3N3O. The van der Waals surface area contributed by atoms with Gasteiger partial charge in [0.2, 0.25) is 5.89 Å². The summed E-state index contributed by atoms with van der Waals surface area (Å²) in [6.45, 7) is 5.52. The molecule has 0 amide bonds. The zero-order chi connectivity index (χ0) is 13.9. The Balaban J connectivity index is 0.00000121. The molecule has 0 saturated carbocycles. The number of nitrogens with zero attached hydrogens (tertiary/aromatic N) is 2. The minimum absolute atomic E-state index is 0. The number of benzene rings is 1. The molecule has 1 saturated heterocycles. The summed E-state index contributed by atoms with van der Waals surface area (Å²) in [7, 11) is 0. The van der Waals surface area contributed by atoms with Crippen LogP contribution in [0.1, 0.15) is 23.3 Å². The van der Waals surface area contributed by atoms with E-state index in [1.54, 1.807) is 6.20 Å². The third kappa shape index (κ3) is 4.61. The largest absolute Gasteiger partial charge is 0.445 e. The summed E-state index contributed by atoms with van der Waals surface area (Å²) in [5.74, 6) is 1.63. The number of halogens is 3. The predicted molar refractivity (Wildman–Crippen MR) is 93.2 cm³/mol. The molecule has 1 unspecified atom stereocenters. The Morgan fingerprint density at radius 3 is 2.91 bits per heavy atom. The maximum Gasteiger partial charge on any atom is 0.208 e. The van der Waals surface area contributed by atoms with E-state index in [1.165, 1.54) is 5.56 Å². The Morgan fingerprint density at radius 2 is 2.23 bits per heavy atom. The van der Waals surface area contributed by atoms with Gasteiger partial charge in [-0.15, -0.1) is 24.8 Å². The molecule has 1 N–H and O–H groups in total. The van der Waals surface area contributed by atoms with Crippen LogP contribution in [0.3, 0.4) is 0 Å². The second-order valence-corrected chi connectivity index (χ2v) is 5.55. The van der Waals surface area contributed by atoms with Crippen LogP contribution in [0.5, 0.6) is 0 Å². The van der Waals surface area contributed by atoms with Crippen molar-refractivity contribution in [3.05, 3.63) is 52.7 Å². The topological polar surface area (TPSA) is 41.3 Å². The van der Waals surface area contributed by atoms with Crippen molar-refractivity contribution in [1.82, 2.24) is 15.2 Å². The molecule has 0 bridgehead atoms. The maximum atomic E-state index is 6.11. The van der Waals surface area contributed by atoms with E-state index in [9.17, 15) is 0 Å². The lowest BCUT2D eigenvalue weighted by Gasteiger charge is -2.35. The number of aryl methyl sites for hydroxylation is 1. The summed E-state index contributed by atoms with van der Waals surface area (Å²) in [6.07, 6.45) is 1.77. The van der Waals surface area contributed by atoms with Crippen LogP contribution in [0.4, 0.5) is 0 Å². The van der Waals surface area contributed by atoms with Gasteiger partial charge >= 0.3 is 0 Å². The average Bonchev–Trinajstić information content (AvgIpc) is 2.85. The predicted octanol–water partition coefficient (Wildman–Crippen LogP) is 3.63.